The van der Waals surface area contributed by atoms with Gasteiger partial charge in [-0.15, -0.1) is 0 Å². The quantitative estimate of drug-likeness (QED) is 0.688. The van der Waals surface area contributed by atoms with Crippen molar-refractivity contribution in [3.05, 3.63) is 0 Å². The second-order valence-electron chi connectivity index (χ2n) is 5.73. The van der Waals surface area contributed by atoms with Crippen LogP contribution in [0.5, 0.6) is 0 Å². The van der Waals surface area contributed by atoms with Gasteiger partial charge in [-0.25, -0.2) is 0 Å². The molecule has 1 aliphatic carbocycles. The van der Waals surface area contributed by atoms with E-state index in [1.54, 1.807) is 0 Å². The Labute approximate surface area is 87.3 Å². The van der Waals surface area contributed by atoms with Crippen LogP contribution >= 0.6 is 0 Å². The molecule has 2 N–H and O–H groups in total. The number of hydrogen-bond donors (Lipinski definition) is 2. The summed E-state index contributed by atoms with van der Waals surface area (Å²) in [6, 6.07) is 0. The van der Waals surface area contributed by atoms with E-state index in [9.17, 15) is 0 Å². The highest BCUT2D eigenvalue weighted by atomic mass is 16.5. The lowest BCUT2D eigenvalue weighted by Gasteiger charge is -2.45. The Morgan fingerprint density at radius 1 is 1.21 bits per heavy atom. The fourth-order valence-electron chi connectivity index (χ4n) is 3.14. The van der Waals surface area contributed by atoms with Crippen LogP contribution < -0.4 is 0 Å². The van der Waals surface area contributed by atoms with Crippen molar-refractivity contribution in [3.8, 4) is 0 Å². The van der Waals surface area contributed by atoms with Gasteiger partial charge < -0.3 is 10.2 Å². The molecule has 0 heterocycles. The first-order chi connectivity index (χ1) is 6.39. The van der Waals surface area contributed by atoms with E-state index in [2.05, 4.69) is 20.8 Å². The molecule has 2 heteroatoms. The molecule has 0 aromatic rings. The van der Waals surface area contributed by atoms with Crippen molar-refractivity contribution in [1.29, 1.82) is 0 Å². The number of rotatable bonds is 3. The van der Waals surface area contributed by atoms with Crippen molar-refractivity contribution in [1.82, 2.24) is 0 Å². The summed E-state index contributed by atoms with van der Waals surface area (Å²) in [7, 11) is 0. The molecule has 0 aliphatic heterocycles. The molecular formula is C12H24O2. The molecule has 0 radical (unpaired) electrons. The standard InChI is InChI=1S/C12H24O2/c1-4-12(8-10(13)14)7-5-6-11(2,3)9-12/h10,13-14H,4-9H2,1-3H3. The monoisotopic (exact) mass is 200 g/mol. The van der Waals surface area contributed by atoms with Gasteiger partial charge in [0.05, 0.1) is 0 Å². The highest BCUT2D eigenvalue weighted by Crippen LogP contribution is 2.50. The Morgan fingerprint density at radius 2 is 1.86 bits per heavy atom. The topological polar surface area (TPSA) is 40.5 Å². The molecule has 1 fully saturated rings. The van der Waals surface area contributed by atoms with Gasteiger partial charge in [0.2, 0.25) is 0 Å². The largest absolute Gasteiger partial charge is 0.368 e. The van der Waals surface area contributed by atoms with Gasteiger partial charge in [-0.1, -0.05) is 33.6 Å². The Bertz CT molecular complexity index is 187. The van der Waals surface area contributed by atoms with Crippen LogP contribution in [0.3, 0.4) is 0 Å². The van der Waals surface area contributed by atoms with Gasteiger partial charge in [-0.05, 0) is 30.1 Å². The number of hydrogen-bond acceptors (Lipinski definition) is 2. The summed E-state index contributed by atoms with van der Waals surface area (Å²) in [6.07, 6.45) is 5.27. The van der Waals surface area contributed by atoms with E-state index < -0.39 is 6.29 Å². The summed E-state index contributed by atoms with van der Waals surface area (Å²) in [5, 5.41) is 18.3. The predicted molar refractivity (Wildman–Crippen MR) is 57.8 cm³/mol. The molecule has 0 amide bonds. The van der Waals surface area contributed by atoms with Crippen LogP contribution in [0.2, 0.25) is 0 Å². The lowest BCUT2D eigenvalue weighted by atomic mass is 9.61. The van der Waals surface area contributed by atoms with Crippen LogP contribution in [0, 0.1) is 10.8 Å². The van der Waals surface area contributed by atoms with Gasteiger partial charge >= 0.3 is 0 Å². The SMILES string of the molecule is CCC1(CC(O)O)CCCC(C)(C)C1. The molecule has 0 bridgehead atoms. The molecule has 14 heavy (non-hydrogen) atoms. The van der Waals surface area contributed by atoms with Crippen LogP contribution in [0.25, 0.3) is 0 Å². The maximum Gasteiger partial charge on any atom is 0.151 e. The second kappa shape index (κ2) is 4.19. The van der Waals surface area contributed by atoms with Crippen molar-refractivity contribution in [3.63, 3.8) is 0 Å². The van der Waals surface area contributed by atoms with Crippen molar-refractivity contribution >= 4 is 0 Å². The first-order valence-electron chi connectivity index (χ1n) is 5.75. The molecule has 84 valence electrons. The third kappa shape index (κ3) is 2.96. The first-order valence-corrected chi connectivity index (χ1v) is 5.75. The molecule has 0 saturated heterocycles. The van der Waals surface area contributed by atoms with E-state index in [4.69, 9.17) is 10.2 Å². The van der Waals surface area contributed by atoms with Gasteiger partial charge in [0.1, 0.15) is 0 Å². The van der Waals surface area contributed by atoms with E-state index >= 15 is 0 Å². The van der Waals surface area contributed by atoms with Crippen LogP contribution in [0.4, 0.5) is 0 Å². The van der Waals surface area contributed by atoms with E-state index in [-0.39, 0.29) is 5.41 Å². The number of aliphatic hydroxyl groups is 2. The molecule has 1 saturated carbocycles. The van der Waals surface area contributed by atoms with Gasteiger partial charge in [-0.2, -0.15) is 0 Å². The average molecular weight is 200 g/mol. The van der Waals surface area contributed by atoms with Crippen LogP contribution in [0.1, 0.15) is 59.3 Å². The zero-order chi connectivity index (χ0) is 10.8. The molecule has 0 aromatic carbocycles. The zero-order valence-corrected chi connectivity index (χ0v) is 9.71. The second-order valence-corrected chi connectivity index (χ2v) is 5.73. The molecule has 0 aromatic heterocycles. The highest BCUT2D eigenvalue weighted by Gasteiger charge is 2.39. The lowest BCUT2D eigenvalue weighted by molar-refractivity contribution is -0.0896. The maximum absolute atomic E-state index is 9.13. The molecule has 1 unspecified atom stereocenters. The molecule has 1 atom stereocenters. The Hall–Kier alpha value is -0.0800. The fraction of sp³-hybridized carbons (Fsp3) is 1.00. The Balaban J connectivity index is 2.68. The molecule has 1 rings (SSSR count). The summed E-state index contributed by atoms with van der Waals surface area (Å²) < 4.78 is 0. The zero-order valence-electron chi connectivity index (χ0n) is 9.71. The van der Waals surface area contributed by atoms with E-state index in [1.165, 1.54) is 12.8 Å². The van der Waals surface area contributed by atoms with Gasteiger partial charge in [-0.3, -0.25) is 0 Å². The summed E-state index contributed by atoms with van der Waals surface area (Å²) in [6.45, 7) is 6.75. The Morgan fingerprint density at radius 3 is 2.29 bits per heavy atom. The average Bonchev–Trinajstić information content (AvgIpc) is 2.01. The van der Waals surface area contributed by atoms with Crippen molar-refractivity contribution in [2.24, 2.45) is 10.8 Å². The lowest BCUT2D eigenvalue weighted by Crippen LogP contribution is -2.35. The molecule has 2 nitrogen and oxygen atoms in total. The molecular weight excluding hydrogens is 176 g/mol. The third-order valence-electron chi connectivity index (χ3n) is 3.78. The Kier molecular flexibility index (Phi) is 3.59. The maximum atomic E-state index is 9.13. The third-order valence-corrected chi connectivity index (χ3v) is 3.78. The van der Waals surface area contributed by atoms with E-state index in [0.717, 1.165) is 19.3 Å². The van der Waals surface area contributed by atoms with Gasteiger partial charge in [0, 0.05) is 6.42 Å². The van der Waals surface area contributed by atoms with Crippen molar-refractivity contribution in [2.45, 2.75) is 65.6 Å². The molecule has 0 spiro atoms. The van der Waals surface area contributed by atoms with Crippen LogP contribution in [-0.2, 0) is 0 Å². The summed E-state index contributed by atoms with van der Waals surface area (Å²) in [5.41, 5.74) is 0.555. The summed E-state index contributed by atoms with van der Waals surface area (Å²) >= 11 is 0. The summed E-state index contributed by atoms with van der Waals surface area (Å²) in [4.78, 5) is 0. The van der Waals surface area contributed by atoms with Gasteiger partial charge in [0.15, 0.2) is 6.29 Å². The minimum atomic E-state index is -1.14. The summed E-state index contributed by atoms with van der Waals surface area (Å²) in [5.74, 6) is 0. The smallest absolute Gasteiger partial charge is 0.151 e. The number of aliphatic hydroxyl groups excluding tert-OH is 1. The fourth-order valence-corrected chi connectivity index (χ4v) is 3.14. The highest BCUT2D eigenvalue weighted by molar-refractivity contribution is 4.89. The predicted octanol–water partition coefficient (Wildman–Crippen LogP) is 2.68. The minimum Gasteiger partial charge on any atom is -0.368 e. The van der Waals surface area contributed by atoms with E-state index in [1.807, 2.05) is 0 Å². The van der Waals surface area contributed by atoms with Crippen molar-refractivity contribution in [2.75, 3.05) is 0 Å². The van der Waals surface area contributed by atoms with Crippen molar-refractivity contribution < 1.29 is 10.2 Å². The van der Waals surface area contributed by atoms with E-state index in [0.29, 0.717) is 11.8 Å². The van der Waals surface area contributed by atoms with Crippen LogP contribution in [0.15, 0.2) is 0 Å². The first kappa shape index (κ1) is 12.0. The normalized spacial score (nSPS) is 32.1. The van der Waals surface area contributed by atoms with Gasteiger partial charge in [0.25, 0.3) is 0 Å². The minimum absolute atomic E-state index is 0.177. The van der Waals surface area contributed by atoms with Crippen LogP contribution in [-0.4, -0.2) is 16.5 Å². The molecule has 1 aliphatic rings.